The normalized spacial score (nSPS) is 12.3. The molecule has 0 spiro atoms. The molecule has 0 aliphatic carbocycles. The van der Waals surface area contributed by atoms with E-state index in [4.69, 9.17) is 0 Å². The third kappa shape index (κ3) is 4.41. The number of benzene rings is 1. The summed E-state index contributed by atoms with van der Waals surface area (Å²) in [4.78, 5) is 11.2. The van der Waals surface area contributed by atoms with Gasteiger partial charge in [-0.1, -0.05) is 0 Å². The van der Waals surface area contributed by atoms with Crippen molar-refractivity contribution in [3.63, 3.8) is 0 Å². The molecule has 0 aliphatic rings. The van der Waals surface area contributed by atoms with Crippen molar-refractivity contribution in [2.24, 2.45) is 0 Å². The molecular weight excluding hydrogens is 292 g/mol. The van der Waals surface area contributed by atoms with E-state index >= 15 is 0 Å². The number of carbonyl (C=O) groups excluding carboxylic acids is 1. The number of methoxy groups -OCH3 is 1. The maximum absolute atomic E-state index is 11.9. The quantitative estimate of drug-likeness (QED) is 0.738. The lowest BCUT2D eigenvalue weighted by Crippen LogP contribution is -2.20. The molecule has 0 aliphatic heterocycles. The Balaban J connectivity index is 3.01. The molecule has 0 saturated heterocycles. The highest BCUT2D eigenvalue weighted by Crippen LogP contribution is 2.15. The molecular formula is C11H14O6S2. The van der Waals surface area contributed by atoms with Gasteiger partial charge in [-0.25, -0.2) is 16.8 Å². The van der Waals surface area contributed by atoms with Crippen molar-refractivity contribution in [1.82, 2.24) is 0 Å². The molecule has 0 heterocycles. The molecule has 6 nitrogen and oxygen atoms in total. The summed E-state index contributed by atoms with van der Waals surface area (Å²) in [5.41, 5.74) is 0. The van der Waals surface area contributed by atoms with Crippen molar-refractivity contribution in [3.05, 3.63) is 24.3 Å². The van der Waals surface area contributed by atoms with Gasteiger partial charge in [0.2, 0.25) is 0 Å². The first-order valence-corrected chi connectivity index (χ1v) is 8.75. The predicted molar refractivity (Wildman–Crippen MR) is 68.5 cm³/mol. The highest BCUT2D eigenvalue weighted by atomic mass is 32.2. The van der Waals surface area contributed by atoms with Crippen molar-refractivity contribution >= 4 is 25.5 Å². The molecule has 1 aromatic rings. The van der Waals surface area contributed by atoms with Gasteiger partial charge in [0.25, 0.3) is 0 Å². The Bertz CT molecular complexity index is 656. The molecule has 0 saturated carbocycles. The van der Waals surface area contributed by atoms with Crippen LogP contribution in [0.25, 0.3) is 0 Å². The van der Waals surface area contributed by atoms with Crippen LogP contribution in [-0.4, -0.2) is 48.3 Å². The topological polar surface area (TPSA) is 94.6 Å². The van der Waals surface area contributed by atoms with Crippen LogP contribution in [0.4, 0.5) is 0 Å². The van der Waals surface area contributed by atoms with Gasteiger partial charge in [0, 0.05) is 13.4 Å². The molecule has 0 N–H and O–H groups in total. The van der Waals surface area contributed by atoms with Gasteiger partial charge in [-0.05, 0) is 24.3 Å². The highest BCUT2D eigenvalue weighted by molar-refractivity contribution is 7.92. The maximum atomic E-state index is 11.9. The number of ketones is 1. The molecule has 8 heteroatoms. The molecule has 19 heavy (non-hydrogen) atoms. The van der Waals surface area contributed by atoms with Crippen molar-refractivity contribution in [2.75, 3.05) is 25.7 Å². The van der Waals surface area contributed by atoms with E-state index in [1.807, 2.05) is 0 Å². The number of ether oxygens (including phenoxy) is 1. The summed E-state index contributed by atoms with van der Waals surface area (Å²) in [6, 6.07) is 4.74. The first-order chi connectivity index (χ1) is 8.66. The SMILES string of the molecule is COCC(=O)CS(=O)(=O)c1ccc(S(C)(=O)=O)cc1. The summed E-state index contributed by atoms with van der Waals surface area (Å²) in [6.45, 7) is -0.277. The molecule has 0 bridgehead atoms. The Hall–Kier alpha value is -1.25. The highest BCUT2D eigenvalue weighted by Gasteiger charge is 2.19. The van der Waals surface area contributed by atoms with Gasteiger partial charge in [-0.15, -0.1) is 0 Å². The van der Waals surface area contributed by atoms with Crippen LogP contribution in [0.1, 0.15) is 0 Å². The Morgan fingerprint density at radius 3 is 1.95 bits per heavy atom. The van der Waals surface area contributed by atoms with E-state index < -0.39 is 31.2 Å². The summed E-state index contributed by atoms with van der Waals surface area (Å²) < 4.78 is 50.7. The minimum atomic E-state index is -3.77. The Kier molecular flexibility index (Phi) is 4.83. The first-order valence-electron chi connectivity index (χ1n) is 5.20. The summed E-state index contributed by atoms with van der Waals surface area (Å²) in [5, 5.41) is 0. The minimum Gasteiger partial charge on any atom is -0.377 e. The van der Waals surface area contributed by atoms with E-state index in [2.05, 4.69) is 4.74 Å². The fourth-order valence-electron chi connectivity index (χ4n) is 1.39. The summed E-state index contributed by atoms with van der Waals surface area (Å²) in [5.74, 6) is -1.23. The number of hydrogen-bond acceptors (Lipinski definition) is 6. The minimum absolute atomic E-state index is 0.0228. The van der Waals surface area contributed by atoms with Crippen molar-refractivity contribution in [1.29, 1.82) is 0 Å². The van der Waals surface area contributed by atoms with E-state index in [0.29, 0.717) is 0 Å². The molecule has 0 amide bonds. The summed E-state index contributed by atoms with van der Waals surface area (Å²) in [7, 11) is -5.85. The van der Waals surface area contributed by atoms with E-state index in [9.17, 15) is 21.6 Å². The fraction of sp³-hybridized carbons (Fsp3) is 0.364. The first kappa shape index (κ1) is 15.8. The molecule has 0 atom stereocenters. The van der Waals surface area contributed by atoms with Crippen LogP contribution in [0.15, 0.2) is 34.1 Å². The number of carbonyl (C=O) groups is 1. The fourth-order valence-corrected chi connectivity index (χ4v) is 3.25. The standard InChI is InChI=1S/C11H14O6S2/c1-17-7-9(12)8-19(15,16)11-5-3-10(4-6-11)18(2,13)14/h3-6H,7-8H2,1-2H3. The zero-order valence-corrected chi connectivity index (χ0v) is 12.1. The molecule has 0 aromatic heterocycles. The summed E-state index contributed by atoms with van der Waals surface area (Å²) in [6.07, 6.45) is 1.03. The zero-order chi connectivity index (χ0) is 14.7. The van der Waals surface area contributed by atoms with Gasteiger partial charge >= 0.3 is 0 Å². The molecule has 1 aromatic carbocycles. The van der Waals surface area contributed by atoms with Gasteiger partial charge in [0.05, 0.1) is 9.79 Å². The third-order valence-electron chi connectivity index (χ3n) is 2.27. The van der Waals surface area contributed by atoms with Crippen LogP contribution in [-0.2, 0) is 29.2 Å². The second kappa shape index (κ2) is 5.81. The smallest absolute Gasteiger partial charge is 0.185 e. The van der Waals surface area contributed by atoms with Crippen LogP contribution in [0.5, 0.6) is 0 Å². The molecule has 0 radical (unpaired) electrons. The Morgan fingerprint density at radius 2 is 1.53 bits per heavy atom. The van der Waals surface area contributed by atoms with Gasteiger partial charge in [-0.3, -0.25) is 4.79 Å². The van der Waals surface area contributed by atoms with Crippen molar-refractivity contribution < 1.29 is 26.4 Å². The zero-order valence-electron chi connectivity index (χ0n) is 10.5. The van der Waals surface area contributed by atoms with Gasteiger partial charge in [-0.2, -0.15) is 0 Å². The van der Waals surface area contributed by atoms with E-state index in [1.165, 1.54) is 31.4 Å². The lowest BCUT2D eigenvalue weighted by Gasteiger charge is -2.04. The number of hydrogen-bond donors (Lipinski definition) is 0. The van der Waals surface area contributed by atoms with Crippen molar-refractivity contribution in [3.8, 4) is 0 Å². The average molecular weight is 306 g/mol. The number of rotatable bonds is 6. The van der Waals surface area contributed by atoms with Gasteiger partial charge in [0.15, 0.2) is 25.5 Å². The van der Waals surface area contributed by atoms with Crippen LogP contribution in [0, 0.1) is 0 Å². The van der Waals surface area contributed by atoms with Gasteiger partial charge in [0.1, 0.15) is 12.4 Å². The van der Waals surface area contributed by atoms with Crippen LogP contribution in [0.2, 0.25) is 0 Å². The van der Waals surface area contributed by atoms with E-state index in [1.54, 1.807) is 0 Å². The largest absolute Gasteiger partial charge is 0.377 e. The number of sulfone groups is 2. The lowest BCUT2D eigenvalue weighted by atomic mass is 10.4. The molecule has 0 fully saturated rings. The van der Waals surface area contributed by atoms with Crippen LogP contribution >= 0.6 is 0 Å². The average Bonchev–Trinajstić information content (AvgIpc) is 2.27. The monoisotopic (exact) mass is 306 g/mol. The maximum Gasteiger partial charge on any atom is 0.185 e. The molecule has 106 valence electrons. The Morgan fingerprint density at radius 1 is 1.05 bits per heavy atom. The van der Waals surface area contributed by atoms with E-state index in [-0.39, 0.29) is 16.4 Å². The number of Topliss-reactive ketones (excluding diaryl/α,β-unsaturated/α-hetero) is 1. The van der Waals surface area contributed by atoms with E-state index in [0.717, 1.165) is 6.26 Å². The lowest BCUT2D eigenvalue weighted by molar-refractivity contribution is -0.120. The predicted octanol–water partition coefficient (Wildman–Crippen LogP) is 0.0793. The van der Waals surface area contributed by atoms with Crippen molar-refractivity contribution in [2.45, 2.75) is 9.79 Å². The summed E-state index contributed by atoms with van der Waals surface area (Å²) >= 11 is 0. The van der Waals surface area contributed by atoms with Gasteiger partial charge < -0.3 is 4.74 Å². The van der Waals surface area contributed by atoms with Crippen LogP contribution in [0.3, 0.4) is 0 Å². The third-order valence-corrected chi connectivity index (χ3v) is 5.09. The van der Waals surface area contributed by atoms with Crippen LogP contribution < -0.4 is 0 Å². The molecule has 0 unspecified atom stereocenters. The second-order valence-corrected chi connectivity index (χ2v) is 7.98. The Labute approximate surface area is 112 Å². The molecule has 1 rings (SSSR count). The second-order valence-electron chi connectivity index (χ2n) is 3.97.